The summed E-state index contributed by atoms with van der Waals surface area (Å²) in [7, 11) is 1.60. The molecule has 3 aliphatic rings. The second-order valence-corrected chi connectivity index (χ2v) is 14.3. The summed E-state index contributed by atoms with van der Waals surface area (Å²) in [4.78, 5) is 18.6. The average Bonchev–Trinajstić information content (AvgIpc) is 3.05. The van der Waals surface area contributed by atoms with E-state index in [9.17, 15) is 4.79 Å². The molecule has 2 aromatic rings. The van der Waals surface area contributed by atoms with E-state index in [0.29, 0.717) is 36.7 Å². The van der Waals surface area contributed by atoms with Crippen molar-refractivity contribution >= 4 is 29.3 Å². The third-order valence-corrected chi connectivity index (χ3v) is 10.3. The number of ketones is 1. The van der Waals surface area contributed by atoms with Crippen LogP contribution < -0.4 is 18.9 Å². The van der Waals surface area contributed by atoms with Gasteiger partial charge in [-0.05, 0) is 50.8 Å². The lowest BCUT2D eigenvalue weighted by Crippen LogP contribution is -2.33. The molecule has 9 heteroatoms. The molecule has 2 saturated heterocycles. The van der Waals surface area contributed by atoms with Gasteiger partial charge in [0.2, 0.25) is 0 Å². The Labute approximate surface area is 272 Å². The van der Waals surface area contributed by atoms with E-state index in [0.717, 1.165) is 61.6 Å². The molecule has 1 unspecified atom stereocenters. The maximum absolute atomic E-state index is 13.6. The van der Waals surface area contributed by atoms with Crippen LogP contribution >= 0.6 is 23.5 Å². The minimum atomic E-state index is -0.386. The predicted molar refractivity (Wildman–Crippen MR) is 183 cm³/mol. The Morgan fingerprint density at radius 1 is 0.909 bits per heavy atom. The molecule has 3 aliphatic heterocycles. The maximum atomic E-state index is 13.6. The van der Waals surface area contributed by atoms with E-state index in [1.54, 1.807) is 7.11 Å². The summed E-state index contributed by atoms with van der Waals surface area (Å²) in [6.45, 7) is 12.2. The molecule has 0 aromatic heterocycles. The number of Topliss-reactive ketones (excluding diaryl/α,β-unsaturated/α-hetero) is 1. The van der Waals surface area contributed by atoms with Crippen LogP contribution in [-0.4, -0.2) is 98.2 Å². The number of allylic oxidation sites excluding steroid dienone is 2. The lowest BCUT2D eigenvalue weighted by Gasteiger charge is -2.30. The Hall–Kier alpha value is -2.33. The number of ether oxygens (including phenoxy) is 4. The van der Waals surface area contributed by atoms with Gasteiger partial charge in [-0.25, -0.2) is 0 Å². The predicted octanol–water partition coefficient (Wildman–Crippen LogP) is 6.55. The molecule has 2 fully saturated rings. The third-order valence-electron chi connectivity index (χ3n) is 8.37. The molecule has 0 saturated carbocycles. The number of hydrogen-bond donors (Lipinski definition) is 0. The Kier molecular flexibility index (Phi) is 12.6. The summed E-state index contributed by atoms with van der Waals surface area (Å²) >= 11 is 4.06. The van der Waals surface area contributed by atoms with E-state index >= 15 is 0 Å². The number of methoxy groups -OCH3 is 1. The number of nitrogens with zero attached hydrogens (tertiary/aromatic N) is 2. The van der Waals surface area contributed by atoms with E-state index in [1.807, 2.05) is 53.9 Å². The molecule has 240 valence electrons. The van der Waals surface area contributed by atoms with Gasteiger partial charge in [0.1, 0.15) is 34.7 Å². The summed E-state index contributed by atoms with van der Waals surface area (Å²) in [5.74, 6) is 7.57. The van der Waals surface area contributed by atoms with Crippen LogP contribution in [0.1, 0.15) is 60.7 Å². The fraction of sp³-hybridized carbons (Fsp3) is 0.571. The number of carbonyl (C=O) groups is 1. The highest BCUT2D eigenvalue weighted by atomic mass is 32.2. The number of carbonyl (C=O) groups excluding carboxylic acids is 1. The minimum absolute atomic E-state index is 0.0255. The highest BCUT2D eigenvalue weighted by Crippen LogP contribution is 2.46. The SMILES string of the molecule is COc1cc(OCCCN2CCSCC2)c(CC=C(C)C)c2c1C(=O)CC(c1ccc(OCCCN3CCSCC3)cc1)O2. The van der Waals surface area contributed by atoms with Crippen molar-refractivity contribution in [2.24, 2.45) is 0 Å². The molecule has 0 bridgehead atoms. The van der Waals surface area contributed by atoms with Gasteiger partial charge in [0.05, 0.1) is 26.7 Å². The first-order chi connectivity index (χ1) is 21.5. The van der Waals surface area contributed by atoms with Crippen LogP contribution in [0.3, 0.4) is 0 Å². The zero-order chi connectivity index (χ0) is 30.7. The van der Waals surface area contributed by atoms with Crippen LogP contribution in [0.5, 0.6) is 23.0 Å². The molecule has 44 heavy (non-hydrogen) atoms. The third kappa shape index (κ3) is 9.12. The summed E-state index contributed by atoms with van der Waals surface area (Å²) in [6, 6.07) is 9.89. The molecule has 0 amide bonds. The second kappa shape index (κ2) is 16.8. The van der Waals surface area contributed by atoms with Crippen molar-refractivity contribution in [2.75, 3.05) is 82.6 Å². The van der Waals surface area contributed by atoms with Crippen LogP contribution in [0, 0.1) is 0 Å². The quantitative estimate of drug-likeness (QED) is 0.169. The number of hydrogen-bond acceptors (Lipinski definition) is 9. The topological polar surface area (TPSA) is 60.5 Å². The van der Waals surface area contributed by atoms with Gasteiger partial charge in [0, 0.05) is 73.9 Å². The molecule has 0 spiro atoms. The van der Waals surface area contributed by atoms with Gasteiger partial charge in [0.25, 0.3) is 0 Å². The van der Waals surface area contributed by atoms with Gasteiger partial charge in [-0.2, -0.15) is 23.5 Å². The Morgan fingerprint density at radius 2 is 1.52 bits per heavy atom. The van der Waals surface area contributed by atoms with Gasteiger partial charge >= 0.3 is 0 Å². The molecule has 2 aromatic carbocycles. The molecule has 7 nitrogen and oxygen atoms in total. The van der Waals surface area contributed by atoms with Crippen molar-refractivity contribution in [1.29, 1.82) is 0 Å². The van der Waals surface area contributed by atoms with Crippen LogP contribution in [-0.2, 0) is 6.42 Å². The maximum Gasteiger partial charge on any atom is 0.174 e. The number of thioether (sulfide) groups is 2. The highest BCUT2D eigenvalue weighted by molar-refractivity contribution is 7.99. The van der Waals surface area contributed by atoms with Gasteiger partial charge in [-0.15, -0.1) is 0 Å². The minimum Gasteiger partial charge on any atom is -0.496 e. The lowest BCUT2D eigenvalue weighted by molar-refractivity contribution is 0.0841. The van der Waals surface area contributed by atoms with Gasteiger partial charge < -0.3 is 28.7 Å². The summed E-state index contributed by atoms with van der Waals surface area (Å²) in [5, 5.41) is 0. The largest absolute Gasteiger partial charge is 0.496 e. The van der Waals surface area contributed by atoms with Crippen molar-refractivity contribution in [3.05, 3.63) is 58.7 Å². The Balaban J connectivity index is 1.27. The smallest absolute Gasteiger partial charge is 0.174 e. The number of fused-ring (bicyclic) bond motifs is 1. The van der Waals surface area contributed by atoms with E-state index in [1.165, 1.54) is 41.7 Å². The fourth-order valence-electron chi connectivity index (χ4n) is 5.85. The summed E-state index contributed by atoms with van der Waals surface area (Å²) in [5.41, 5.74) is 3.58. The highest BCUT2D eigenvalue weighted by Gasteiger charge is 2.34. The van der Waals surface area contributed by atoms with Gasteiger partial charge in [-0.1, -0.05) is 23.8 Å². The molecule has 0 radical (unpaired) electrons. The van der Waals surface area contributed by atoms with Crippen LogP contribution in [0.4, 0.5) is 0 Å². The van der Waals surface area contributed by atoms with E-state index in [-0.39, 0.29) is 18.3 Å². The Morgan fingerprint density at radius 3 is 2.11 bits per heavy atom. The molecular formula is C35H48N2O5S2. The standard InChI is InChI=1S/C35H48N2O5S2/c1-26(2)6-11-29-32(41-19-5-13-37-16-22-44-23-17-37)25-33(39-3)34-30(38)24-31(42-35(29)34)27-7-9-28(10-8-27)40-18-4-12-36-14-20-43-21-15-36/h6-10,25,31H,4-5,11-24H2,1-3H3. The van der Waals surface area contributed by atoms with Crippen molar-refractivity contribution in [3.63, 3.8) is 0 Å². The van der Waals surface area contributed by atoms with Crippen LogP contribution in [0.25, 0.3) is 0 Å². The van der Waals surface area contributed by atoms with Gasteiger partial charge in [-0.3, -0.25) is 4.79 Å². The normalized spacial score (nSPS) is 19.2. The molecule has 3 heterocycles. The lowest BCUT2D eigenvalue weighted by atomic mass is 9.92. The van der Waals surface area contributed by atoms with Crippen molar-refractivity contribution in [3.8, 4) is 23.0 Å². The van der Waals surface area contributed by atoms with Crippen molar-refractivity contribution in [1.82, 2.24) is 9.80 Å². The van der Waals surface area contributed by atoms with E-state index < -0.39 is 0 Å². The van der Waals surface area contributed by atoms with Gasteiger partial charge in [0.15, 0.2) is 5.78 Å². The van der Waals surface area contributed by atoms with Crippen LogP contribution in [0.2, 0.25) is 0 Å². The Bertz CT molecular complexity index is 1250. The molecule has 5 rings (SSSR count). The average molecular weight is 641 g/mol. The molecule has 0 aliphatic carbocycles. The first-order valence-electron chi connectivity index (χ1n) is 16.0. The molecule has 0 N–H and O–H groups in total. The second-order valence-electron chi connectivity index (χ2n) is 11.9. The molecule has 1 atom stereocenters. The van der Waals surface area contributed by atoms with E-state index in [2.05, 4.69) is 29.7 Å². The van der Waals surface area contributed by atoms with Crippen molar-refractivity contribution in [2.45, 2.75) is 45.6 Å². The van der Waals surface area contributed by atoms with Crippen LogP contribution in [0.15, 0.2) is 42.0 Å². The summed E-state index contributed by atoms with van der Waals surface area (Å²) < 4.78 is 24.8. The zero-order valence-corrected chi connectivity index (χ0v) is 28.2. The summed E-state index contributed by atoms with van der Waals surface area (Å²) in [6.07, 6.45) is 4.61. The van der Waals surface area contributed by atoms with E-state index in [4.69, 9.17) is 18.9 Å². The number of rotatable bonds is 14. The zero-order valence-electron chi connectivity index (χ0n) is 26.6. The number of benzene rings is 2. The fourth-order valence-corrected chi connectivity index (χ4v) is 7.81. The first-order valence-corrected chi connectivity index (χ1v) is 18.4. The monoisotopic (exact) mass is 640 g/mol. The van der Waals surface area contributed by atoms with Crippen molar-refractivity contribution < 1.29 is 23.7 Å². The molecular weight excluding hydrogens is 593 g/mol. The first kappa shape index (κ1) is 33.0.